The molecule has 0 saturated heterocycles. The van der Waals surface area contributed by atoms with Crippen molar-refractivity contribution in [2.24, 2.45) is 0 Å². The molecule has 0 aliphatic heterocycles. The SMILES string of the molecule is COc1cc(Cl)c(C(Br)c2csc(I)c2)cc1OC. The van der Waals surface area contributed by atoms with Crippen LogP contribution in [0.25, 0.3) is 0 Å². The highest BCUT2D eigenvalue weighted by Gasteiger charge is 2.18. The quantitative estimate of drug-likeness (QED) is 0.431. The van der Waals surface area contributed by atoms with Crippen LogP contribution in [0.15, 0.2) is 23.6 Å². The molecule has 19 heavy (non-hydrogen) atoms. The molecular weight excluding hydrogens is 462 g/mol. The van der Waals surface area contributed by atoms with Crippen molar-refractivity contribution in [1.29, 1.82) is 0 Å². The molecule has 0 saturated carbocycles. The fraction of sp³-hybridized carbons (Fsp3) is 0.231. The molecule has 1 aromatic heterocycles. The van der Waals surface area contributed by atoms with Crippen molar-refractivity contribution in [2.75, 3.05) is 14.2 Å². The maximum atomic E-state index is 6.32. The average molecular weight is 474 g/mol. The number of rotatable bonds is 4. The fourth-order valence-electron chi connectivity index (χ4n) is 1.70. The van der Waals surface area contributed by atoms with Gasteiger partial charge in [-0.1, -0.05) is 27.5 Å². The summed E-state index contributed by atoms with van der Waals surface area (Å²) in [6, 6.07) is 5.82. The number of alkyl halides is 1. The molecule has 1 unspecified atom stereocenters. The molecule has 6 heteroatoms. The van der Waals surface area contributed by atoms with Crippen molar-refractivity contribution in [3.05, 3.63) is 42.6 Å². The molecule has 0 spiro atoms. The molecule has 1 aromatic carbocycles. The van der Waals surface area contributed by atoms with E-state index < -0.39 is 0 Å². The predicted octanol–water partition coefficient (Wildman–Crippen LogP) is 5.51. The van der Waals surface area contributed by atoms with E-state index in [0.29, 0.717) is 16.5 Å². The lowest BCUT2D eigenvalue weighted by molar-refractivity contribution is 0.354. The minimum atomic E-state index is 0.0413. The van der Waals surface area contributed by atoms with Crippen LogP contribution < -0.4 is 9.47 Å². The van der Waals surface area contributed by atoms with Gasteiger partial charge < -0.3 is 9.47 Å². The molecule has 0 aliphatic carbocycles. The van der Waals surface area contributed by atoms with Gasteiger partial charge >= 0.3 is 0 Å². The maximum Gasteiger partial charge on any atom is 0.162 e. The number of thiophene rings is 1. The summed E-state index contributed by atoms with van der Waals surface area (Å²) in [5.74, 6) is 1.31. The van der Waals surface area contributed by atoms with Gasteiger partial charge in [0.25, 0.3) is 0 Å². The van der Waals surface area contributed by atoms with Gasteiger partial charge in [0, 0.05) is 11.1 Å². The Labute approximate surface area is 143 Å². The van der Waals surface area contributed by atoms with Gasteiger partial charge in [0.1, 0.15) is 0 Å². The number of halogens is 3. The van der Waals surface area contributed by atoms with E-state index in [1.54, 1.807) is 31.6 Å². The Hall–Kier alpha value is 0.0200. The molecule has 0 N–H and O–H groups in total. The van der Waals surface area contributed by atoms with Crippen LogP contribution in [0.4, 0.5) is 0 Å². The average Bonchev–Trinajstić information content (AvgIpc) is 2.84. The Kier molecular flexibility index (Phi) is 5.39. The Bertz CT molecular complexity index is 588. The maximum absolute atomic E-state index is 6.32. The van der Waals surface area contributed by atoms with Gasteiger partial charge in [-0.15, -0.1) is 11.3 Å². The third-order valence-corrected chi connectivity index (χ3v) is 5.81. The Morgan fingerprint density at radius 1 is 1.21 bits per heavy atom. The summed E-state index contributed by atoms with van der Waals surface area (Å²) in [7, 11) is 3.22. The first-order valence-electron chi connectivity index (χ1n) is 5.36. The van der Waals surface area contributed by atoms with Gasteiger partial charge in [0.05, 0.1) is 21.9 Å². The summed E-state index contributed by atoms with van der Waals surface area (Å²) in [5, 5.41) is 2.77. The van der Waals surface area contributed by atoms with E-state index in [1.165, 1.54) is 8.45 Å². The third kappa shape index (κ3) is 3.37. The van der Waals surface area contributed by atoms with Crippen molar-refractivity contribution in [1.82, 2.24) is 0 Å². The van der Waals surface area contributed by atoms with Gasteiger partial charge in [-0.25, -0.2) is 0 Å². The lowest BCUT2D eigenvalue weighted by Gasteiger charge is -2.15. The van der Waals surface area contributed by atoms with Crippen molar-refractivity contribution < 1.29 is 9.47 Å². The minimum absolute atomic E-state index is 0.0413. The summed E-state index contributed by atoms with van der Waals surface area (Å²) in [4.78, 5) is 0.0413. The first-order valence-corrected chi connectivity index (χ1v) is 8.61. The van der Waals surface area contributed by atoms with Gasteiger partial charge in [0.2, 0.25) is 0 Å². The summed E-state index contributed by atoms with van der Waals surface area (Å²) >= 11 is 14.0. The minimum Gasteiger partial charge on any atom is -0.493 e. The number of benzene rings is 1. The highest BCUT2D eigenvalue weighted by atomic mass is 127. The third-order valence-electron chi connectivity index (χ3n) is 2.66. The van der Waals surface area contributed by atoms with Crippen LogP contribution in [0.5, 0.6) is 11.5 Å². The van der Waals surface area contributed by atoms with Crippen LogP contribution in [-0.4, -0.2) is 14.2 Å². The molecule has 0 bridgehead atoms. The van der Waals surface area contributed by atoms with Gasteiger partial charge in [0.15, 0.2) is 11.5 Å². The Morgan fingerprint density at radius 3 is 2.37 bits per heavy atom. The molecule has 0 amide bonds. The van der Waals surface area contributed by atoms with E-state index in [0.717, 1.165) is 5.56 Å². The fourth-order valence-corrected chi connectivity index (χ4v) is 4.31. The Balaban J connectivity index is 2.44. The molecule has 0 radical (unpaired) electrons. The smallest absolute Gasteiger partial charge is 0.162 e. The van der Waals surface area contributed by atoms with E-state index in [2.05, 4.69) is 50.0 Å². The number of hydrogen-bond donors (Lipinski definition) is 0. The number of hydrogen-bond acceptors (Lipinski definition) is 3. The second-order valence-corrected chi connectivity index (χ2v) is 7.90. The largest absolute Gasteiger partial charge is 0.493 e. The second-order valence-electron chi connectivity index (χ2n) is 3.78. The zero-order chi connectivity index (χ0) is 14.0. The zero-order valence-corrected chi connectivity index (χ0v) is 15.6. The van der Waals surface area contributed by atoms with Crippen molar-refractivity contribution >= 4 is 61.5 Å². The van der Waals surface area contributed by atoms with Gasteiger partial charge in [-0.2, -0.15) is 0 Å². The molecule has 1 heterocycles. The van der Waals surface area contributed by atoms with E-state index >= 15 is 0 Å². The van der Waals surface area contributed by atoms with Crippen molar-refractivity contribution in [2.45, 2.75) is 4.83 Å². The van der Waals surface area contributed by atoms with E-state index in [-0.39, 0.29) is 4.83 Å². The zero-order valence-electron chi connectivity index (χ0n) is 10.2. The van der Waals surface area contributed by atoms with Gasteiger partial charge in [-0.05, 0) is 51.2 Å². The van der Waals surface area contributed by atoms with Crippen LogP contribution in [0, 0.1) is 2.88 Å². The normalized spacial score (nSPS) is 12.3. The molecule has 102 valence electrons. The first kappa shape index (κ1) is 15.4. The lowest BCUT2D eigenvalue weighted by Crippen LogP contribution is -1.96. The Morgan fingerprint density at radius 2 is 1.84 bits per heavy atom. The van der Waals surface area contributed by atoms with E-state index in [1.807, 2.05) is 6.07 Å². The van der Waals surface area contributed by atoms with Crippen LogP contribution >= 0.6 is 61.5 Å². The molecule has 0 fully saturated rings. The number of methoxy groups -OCH3 is 2. The molecule has 2 aromatic rings. The monoisotopic (exact) mass is 472 g/mol. The van der Waals surface area contributed by atoms with Gasteiger partial charge in [-0.3, -0.25) is 0 Å². The molecule has 2 nitrogen and oxygen atoms in total. The van der Waals surface area contributed by atoms with E-state index in [4.69, 9.17) is 21.1 Å². The summed E-state index contributed by atoms with van der Waals surface area (Å²) in [6.45, 7) is 0. The second kappa shape index (κ2) is 6.65. The number of ether oxygens (including phenoxy) is 2. The first-order chi connectivity index (χ1) is 9.06. The summed E-state index contributed by atoms with van der Waals surface area (Å²) < 4.78 is 11.8. The molecular formula is C13H11BrClIO2S. The van der Waals surface area contributed by atoms with Crippen LogP contribution in [0.3, 0.4) is 0 Å². The predicted molar refractivity (Wildman–Crippen MR) is 92.4 cm³/mol. The molecule has 0 aliphatic rings. The molecule has 1 atom stereocenters. The highest BCUT2D eigenvalue weighted by molar-refractivity contribution is 14.1. The topological polar surface area (TPSA) is 18.5 Å². The van der Waals surface area contributed by atoms with Crippen LogP contribution in [0.1, 0.15) is 16.0 Å². The van der Waals surface area contributed by atoms with Crippen molar-refractivity contribution in [3.63, 3.8) is 0 Å². The van der Waals surface area contributed by atoms with Crippen LogP contribution in [-0.2, 0) is 0 Å². The summed E-state index contributed by atoms with van der Waals surface area (Å²) in [6.07, 6.45) is 0. The summed E-state index contributed by atoms with van der Waals surface area (Å²) in [5.41, 5.74) is 2.15. The van der Waals surface area contributed by atoms with Crippen molar-refractivity contribution in [3.8, 4) is 11.5 Å². The molecule has 2 rings (SSSR count). The standard InChI is InChI=1S/C13H11BrClIO2S/c1-17-10-4-8(9(15)5-11(10)18-2)13(14)7-3-12(16)19-6-7/h3-6,13H,1-2H3. The van der Waals surface area contributed by atoms with Crippen LogP contribution in [0.2, 0.25) is 5.02 Å². The highest BCUT2D eigenvalue weighted by Crippen LogP contribution is 2.42. The van der Waals surface area contributed by atoms with E-state index in [9.17, 15) is 0 Å². The lowest BCUT2D eigenvalue weighted by atomic mass is 10.1.